The van der Waals surface area contributed by atoms with Crippen LogP contribution in [-0.2, 0) is 0 Å². The Bertz CT molecular complexity index is 995. The Balaban J connectivity index is 2.38. The van der Waals surface area contributed by atoms with E-state index in [-0.39, 0.29) is 11.4 Å². The molecule has 0 saturated carbocycles. The van der Waals surface area contributed by atoms with Crippen molar-refractivity contribution in [3.8, 4) is 5.75 Å². The number of rotatable bonds is 0. The molecule has 0 unspecified atom stereocenters. The number of benzene rings is 3. The van der Waals surface area contributed by atoms with Crippen LogP contribution in [0.4, 0.5) is 0 Å². The molecular formula is C15H10N2O2. The Kier molecular flexibility index (Phi) is 1.82. The van der Waals surface area contributed by atoms with Gasteiger partial charge in [-0.1, -0.05) is 30.3 Å². The molecule has 0 saturated heterocycles. The van der Waals surface area contributed by atoms with Crippen molar-refractivity contribution >= 4 is 32.6 Å². The molecule has 19 heavy (non-hydrogen) atoms. The van der Waals surface area contributed by atoms with Gasteiger partial charge in [0.05, 0.1) is 11.0 Å². The first-order valence-corrected chi connectivity index (χ1v) is 5.99. The second-order valence-corrected chi connectivity index (χ2v) is 4.61. The Morgan fingerprint density at radius 3 is 2.68 bits per heavy atom. The van der Waals surface area contributed by atoms with E-state index in [0.29, 0.717) is 16.4 Å². The minimum Gasteiger partial charge on any atom is -0.507 e. The van der Waals surface area contributed by atoms with Gasteiger partial charge in [0.2, 0.25) is 0 Å². The standard InChI is InChI=1S/C15H10N2O2/c18-12-7-8-3-1-2-4-9(8)10-5-6-11-14(13(10)12)17-15(19)16-11/h1-7,18H,(H2,16,17,19). The lowest BCUT2D eigenvalue weighted by molar-refractivity contribution is 0.482. The predicted molar refractivity (Wildman–Crippen MR) is 75.6 cm³/mol. The van der Waals surface area contributed by atoms with Gasteiger partial charge in [-0.15, -0.1) is 0 Å². The highest BCUT2D eigenvalue weighted by molar-refractivity contribution is 6.18. The van der Waals surface area contributed by atoms with E-state index in [1.54, 1.807) is 6.07 Å². The zero-order chi connectivity index (χ0) is 13.0. The average Bonchev–Trinajstić information content (AvgIpc) is 2.78. The maximum atomic E-state index is 11.4. The molecule has 4 rings (SSSR count). The van der Waals surface area contributed by atoms with Crippen LogP contribution in [0.15, 0.2) is 47.3 Å². The van der Waals surface area contributed by atoms with Gasteiger partial charge in [0.25, 0.3) is 0 Å². The lowest BCUT2D eigenvalue weighted by Crippen LogP contribution is -1.99. The van der Waals surface area contributed by atoms with E-state index >= 15 is 0 Å². The molecule has 1 heterocycles. The van der Waals surface area contributed by atoms with E-state index < -0.39 is 0 Å². The Hall–Kier alpha value is -2.75. The normalized spacial score (nSPS) is 11.6. The van der Waals surface area contributed by atoms with Crippen molar-refractivity contribution in [2.75, 3.05) is 0 Å². The maximum absolute atomic E-state index is 11.4. The molecule has 0 aliphatic rings. The summed E-state index contributed by atoms with van der Waals surface area (Å²) < 4.78 is 0. The first kappa shape index (κ1) is 10.2. The first-order valence-electron chi connectivity index (χ1n) is 5.99. The lowest BCUT2D eigenvalue weighted by atomic mass is 10.00. The number of phenolic OH excluding ortho intramolecular Hbond substituents is 1. The summed E-state index contributed by atoms with van der Waals surface area (Å²) in [4.78, 5) is 16.9. The fourth-order valence-electron chi connectivity index (χ4n) is 2.68. The molecule has 0 radical (unpaired) electrons. The van der Waals surface area contributed by atoms with Gasteiger partial charge in [-0.2, -0.15) is 0 Å². The summed E-state index contributed by atoms with van der Waals surface area (Å²) in [5, 5.41) is 13.9. The second kappa shape index (κ2) is 3.38. The molecule has 0 amide bonds. The number of phenols is 1. The van der Waals surface area contributed by atoms with Crippen molar-refractivity contribution in [1.29, 1.82) is 0 Å². The van der Waals surface area contributed by atoms with Crippen molar-refractivity contribution in [2.45, 2.75) is 0 Å². The Morgan fingerprint density at radius 1 is 0.947 bits per heavy atom. The van der Waals surface area contributed by atoms with E-state index in [4.69, 9.17) is 0 Å². The van der Waals surface area contributed by atoms with Gasteiger partial charge in [0.1, 0.15) is 5.75 Å². The number of nitrogens with one attached hydrogen (secondary N) is 2. The molecule has 3 N–H and O–H groups in total. The summed E-state index contributed by atoms with van der Waals surface area (Å²) in [6.07, 6.45) is 0. The number of aromatic hydroxyl groups is 1. The summed E-state index contributed by atoms with van der Waals surface area (Å²) in [6.45, 7) is 0. The highest BCUT2D eigenvalue weighted by atomic mass is 16.3. The summed E-state index contributed by atoms with van der Waals surface area (Å²) in [5.74, 6) is 0.176. The van der Waals surface area contributed by atoms with E-state index in [1.165, 1.54) is 0 Å². The van der Waals surface area contributed by atoms with Gasteiger partial charge in [0, 0.05) is 5.39 Å². The third kappa shape index (κ3) is 1.31. The molecule has 0 aliphatic carbocycles. The molecule has 1 aromatic heterocycles. The number of hydrogen-bond donors (Lipinski definition) is 3. The quantitative estimate of drug-likeness (QED) is 0.420. The molecule has 4 heteroatoms. The van der Waals surface area contributed by atoms with E-state index in [2.05, 4.69) is 9.97 Å². The Morgan fingerprint density at radius 2 is 1.79 bits per heavy atom. The van der Waals surface area contributed by atoms with Gasteiger partial charge < -0.3 is 15.1 Å². The van der Waals surface area contributed by atoms with E-state index in [9.17, 15) is 9.90 Å². The van der Waals surface area contributed by atoms with Crippen LogP contribution < -0.4 is 5.69 Å². The highest BCUT2D eigenvalue weighted by Crippen LogP contribution is 2.35. The van der Waals surface area contributed by atoms with Crippen LogP contribution in [0, 0.1) is 0 Å². The average molecular weight is 250 g/mol. The SMILES string of the molecule is O=c1[nH]c2ccc3c4ccccc4cc(O)c3c2[nH]1. The fraction of sp³-hybridized carbons (Fsp3) is 0. The van der Waals surface area contributed by atoms with Crippen LogP contribution in [-0.4, -0.2) is 15.1 Å². The van der Waals surface area contributed by atoms with Crippen LogP contribution in [0.3, 0.4) is 0 Å². The monoisotopic (exact) mass is 250 g/mol. The van der Waals surface area contributed by atoms with Crippen molar-refractivity contribution in [1.82, 2.24) is 9.97 Å². The molecule has 0 spiro atoms. The van der Waals surface area contributed by atoms with Crippen LogP contribution in [0.5, 0.6) is 5.75 Å². The minimum absolute atomic E-state index is 0.176. The molecule has 92 valence electrons. The lowest BCUT2D eigenvalue weighted by Gasteiger charge is -2.07. The molecule has 0 bridgehead atoms. The van der Waals surface area contributed by atoms with Crippen molar-refractivity contribution in [2.24, 2.45) is 0 Å². The smallest absolute Gasteiger partial charge is 0.323 e. The number of hydrogen-bond acceptors (Lipinski definition) is 2. The summed E-state index contributed by atoms with van der Waals surface area (Å²) in [7, 11) is 0. The summed E-state index contributed by atoms with van der Waals surface area (Å²) in [5.41, 5.74) is 1.07. The predicted octanol–water partition coefficient (Wildman–Crippen LogP) is 2.87. The van der Waals surface area contributed by atoms with Crippen molar-refractivity contribution in [3.63, 3.8) is 0 Å². The van der Waals surface area contributed by atoms with Crippen LogP contribution in [0.2, 0.25) is 0 Å². The fourth-order valence-corrected chi connectivity index (χ4v) is 2.68. The molecule has 0 fully saturated rings. The number of H-pyrrole nitrogens is 2. The maximum Gasteiger partial charge on any atom is 0.323 e. The van der Waals surface area contributed by atoms with Gasteiger partial charge in [-0.3, -0.25) is 0 Å². The minimum atomic E-state index is -0.268. The van der Waals surface area contributed by atoms with Gasteiger partial charge >= 0.3 is 5.69 Å². The molecule has 4 aromatic rings. The van der Waals surface area contributed by atoms with E-state index in [0.717, 1.165) is 16.2 Å². The third-order valence-electron chi connectivity index (χ3n) is 3.49. The molecule has 3 aromatic carbocycles. The zero-order valence-electron chi connectivity index (χ0n) is 9.90. The Labute approximate surface area is 107 Å². The topological polar surface area (TPSA) is 68.9 Å². The third-order valence-corrected chi connectivity index (χ3v) is 3.49. The largest absolute Gasteiger partial charge is 0.507 e. The molecule has 0 aliphatic heterocycles. The van der Waals surface area contributed by atoms with Crippen molar-refractivity contribution < 1.29 is 5.11 Å². The summed E-state index contributed by atoms with van der Waals surface area (Å²) in [6, 6.07) is 13.4. The number of fused-ring (bicyclic) bond motifs is 5. The van der Waals surface area contributed by atoms with Gasteiger partial charge in [0.15, 0.2) is 0 Å². The number of imidazole rings is 1. The first-order chi connectivity index (χ1) is 9.24. The molecule has 4 nitrogen and oxygen atoms in total. The zero-order valence-corrected chi connectivity index (χ0v) is 9.90. The van der Waals surface area contributed by atoms with Crippen molar-refractivity contribution in [3.05, 3.63) is 52.9 Å². The van der Waals surface area contributed by atoms with Gasteiger partial charge in [-0.25, -0.2) is 4.79 Å². The number of aromatic nitrogens is 2. The molecular weight excluding hydrogens is 240 g/mol. The van der Waals surface area contributed by atoms with E-state index in [1.807, 2.05) is 36.4 Å². The molecule has 0 atom stereocenters. The second-order valence-electron chi connectivity index (χ2n) is 4.61. The highest BCUT2D eigenvalue weighted by Gasteiger charge is 2.10. The van der Waals surface area contributed by atoms with Crippen LogP contribution in [0.1, 0.15) is 0 Å². The van der Waals surface area contributed by atoms with Crippen LogP contribution >= 0.6 is 0 Å². The van der Waals surface area contributed by atoms with Gasteiger partial charge in [-0.05, 0) is 28.3 Å². The number of aromatic amines is 2. The van der Waals surface area contributed by atoms with Crippen LogP contribution in [0.25, 0.3) is 32.6 Å². The summed E-state index contributed by atoms with van der Waals surface area (Å²) >= 11 is 0.